The molecule has 0 atom stereocenters. The SMILES string of the molecule is Cc1ccc(S(=O)(=O)CCC(=O)Nc2nc3c(s2)C(=O)CC(C)(C)C3)cc1. The highest BCUT2D eigenvalue weighted by Gasteiger charge is 2.34. The second-order valence-corrected chi connectivity index (χ2v) is 10.8. The summed E-state index contributed by atoms with van der Waals surface area (Å²) in [5, 5.41) is 2.98. The van der Waals surface area contributed by atoms with Crippen molar-refractivity contribution in [2.75, 3.05) is 11.1 Å². The number of benzene rings is 1. The number of carbonyl (C=O) groups excluding carboxylic acids is 2. The van der Waals surface area contributed by atoms with Gasteiger partial charge in [0.2, 0.25) is 5.91 Å². The van der Waals surface area contributed by atoms with Crippen molar-refractivity contribution in [1.82, 2.24) is 4.98 Å². The average molecular weight is 407 g/mol. The van der Waals surface area contributed by atoms with E-state index in [9.17, 15) is 18.0 Å². The average Bonchev–Trinajstić information content (AvgIpc) is 2.95. The number of aryl methyl sites for hydroxylation is 1. The number of hydrogen-bond acceptors (Lipinski definition) is 6. The van der Waals surface area contributed by atoms with Crippen LogP contribution in [0.1, 0.15) is 47.6 Å². The summed E-state index contributed by atoms with van der Waals surface area (Å²) in [5.74, 6) is -0.663. The third kappa shape index (κ3) is 4.62. The third-order valence-corrected chi connectivity index (χ3v) is 7.25. The van der Waals surface area contributed by atoms with Gasteiger partial charge in [0.05, 0.1) is 21.2 Å². The molecule has 0 saturated heterocycles. The summed E-state index contributed by atoms with van der Waals surface area (Å²) in [4.78, 5) is 29.6. The number of anilines is 1. The summed E-state index contributed by atoms with van der Waals surface area (Å²) in [6.45, 7) is 5.91. The van der Waals surface area contributed by atoms with Crippen LogP contribution in [0.5, 0.6) is 0 Å². The summed E-state index contributed by atoms with van der Waals surface area (Å²) in [7, 11) is -3.52. The Hall–Kier alpha value is -2.06. The molecule has 1 aromatic carbocycles. The van der Waals surface area contributed by atoms with E-state index < -0.39 is 15.7 Å². The largest absolute Gasteiger partial charge is 0.302 e. The minimum Gasteiger partial charge on any atom is -0.302 e. The Bertz CT molecular complexity index is 989. The molecule has 1 amide bonds. The van der Waals surface area contributed by atoms with Gasteiger partial charge in [-0.05, 0) is 30.9 Å². The van der Waals surface area contributed by atoms with Gasteiger partial charge in [-0.25, -0.2) is 13.4 Å². The van der Waals surface area contributed by atoms with Gasteiger partial charge in [0.1, 0.15) is 0 Å². The van der Waals surface area contributed by atoms with Crippen molar-refractivity contribution in [3.8, 4) is 0 Å². The summed E-state index contributed by atoms with van der Waals surface area (Å²) in [6, 6.07) is 6.55. The number of hydrogen-bond donors (Lipinski definition) is 1. The monoisotopic (exact) mass is 406 g/mol. The Morgan fingerprint density at radius 2 is 1.89 bits per heavy atom. The molecule has 8 heteroatoms. The van der Waals surface area contributed by atoms with Crippen LogP contribution >= 0.6 is 11.3 Å². The minimum absolute atomic E-state index is 0.0428. The first kappa shape index (κ1) is 19.7. The number of ketones is 1. The molecule has 0 aliphatic heterocycles. The molecular weight excluding hydrogens is 384 g/mol. The second-order valence-electron chi connectivity index (χ2n) is 7.67. The maximum Gasteiger partial charge on any atom is 0.227 e. The number of nitrogens with one attached hydrogen (secondary N) is 1. The zero-order valence-corrected chi connectivity index (χ0v) is 17.2. The lowest BCUT2D eigenvalue weighted by molar-refractivity contribution is -0.115. The van der Waals surface area contributed by atoms with Gasteiger partial charge in [-0.15, -0.1) is 0 Å². The van der Waals surface area contributed by atoms with E-state index in [1.807, 2.05) is 20.8 Å². The van der Waals surface area contributed by atoms with E-state index in [2.05, 4.69) is 10.3 Å². The lowest BCUT2D eigenvalue weighted by Gasteiger charge is -2.26. The van der Waals surface area contributed by atoms with Gasteiger partial charge >= 0.3 is 0 Å². The van der Waals surface area contributed by atoms with Crippen LogP contribution in [0.15, 0.2) is 29.2 Å². The molecule has 27 heavy (non-hydrogen) atoms. The van der Waals surface area contributed by atoms with Gasteiger partial charge in [-0.1, -0.05) is 42.9 Å². The van der Waals surface area contributed by atoms with E-state index in [4.69, 9.17) is 0 Å². The Labute approximate surface area is 162 Å². The Morgan fingerprint density at radius 3 is 2.56 bits per heavy atom. The lowest BCUT2D eigenvalue weighted by atomic mass is 9.78. The van der Waals surface area contributed by atoms with Gasteiger partial charge < -0.3 is 5.32 Å². The predicted molar refractivity (Wildman–Crippen MR) is 105 cm³/mol. The Morgan fingerprint density at radius 1 is 1.22 bits per heavy atom. The van der Waals surface area contributed by atoms with Crippen molar-refractivity contribution in [3.63, 3.8) is 0 Å². The van der Waals surface area contributed by atoms with Crippen LogP contribution in [-0.4, -0.2) is 30.8 Å². The summed E-state index contributed by atoms with van der Waals surface area (Å²) < 4.78 is 24.7. The van der Waals surface area contributed by atoms with Crippen LogP contribution in [0.2, 0.25) is 0 Å². The number of amides is 1. The summed E-state index contributed by atoms with van der Waals surface area (Å²) in [6.07, 6.45) is 0.979. The van der Waals surface area contributed by atoms with Gasteiger partial charge in [0.25, 0.3) is 0 Å². The number of nitrogens with zero attached hydrogens (tertiary/aromatic N) is 1. The fourth-order valence-electron chi connectivity index (χ4n) is 3.05. The third-order valence-electron chi connectivity index (χ3n) is 4.46. The zero-order valence-electron chi connectivity index (χ0n) is 15.5. The normalized spacial score (nSPS) is 16.0. The first-order chi connectivity index (χ1) is 12.6. The number of Topliss-reactive ketones (excluding diaryl/α,β-unsaturated/α-hetero) is 1. The quantitative estimate of drug-likeness (QED) is 0.821. The number of sulfone groups is 1. The molecule has 0 unspecified atom stereocenters. The molecule has 2 aromatic rings. The van der Waals surface area contributed by atoms with Crippen molar-refractivity contribution in [1.29, 1.82) is 0 Å². The molecular formula is C19H22N2O4S2. The Balaban J connectivity index is 1.63. The molecule has 0 fully saturated rings. The Kier molecular flexibility index (Phi) is 5.22. The molecule has 1 aliphatic rings. The number of carbonyl (C=O) groups is 2. The van der Waals surface area contributed by atoms with Crippen LogP contribution < -0.4 is 5.32 Å². The number of thiazole rings is 1. The fraction of sp³-hybridized carbons (Fsp3) is 0.421. The van der Waals surface area contributed by atoms with E-state index in [0.29, 0.717) is 28.5 Å². The van der Waals surface area contributed by atoms with Crippen LogP contribution in [0.4, 0.5) is 5.13 Å². The first-order valence-electron chi connectivity index (χ1n) is 8.68. The highest BCUT2D eigenvalue weighted by molar-refractivity contribution is 7.91. The molecule has 6 nitrogen and oxygen atoms in total. The predicted octanol–water partition coefficient (Wildman–Crippen LogP) is 3.41. The maximum absolute atomic E-state index is 12.3. The maximum atomic E-state index is 12.3. The topological polar surface area (TPSA) is 93.2 Å². The number of rotatable bonds is 5. The van der Waals surface area contributed by atoms with Crippen LogP contribution in [0, 0.1) is 12.3 Å². The van der Waals surface area contributed by atoms with Crippen molar-refractivity contribution in [2.45, 2.75) is 44.9 Å². The van der Waals surface area contributed by atoms with E-state index in [-0.39, 0.29) is 28.3 Å². The molecule has 1 aliphatic carbocycles. The minimum atomic E-state index is -3.52. The van der Waals surface area contributed by atoms with Crippen LogP contribution in [0.25, 0.3) is 0 Å². The smallest absolute Gasteiger partial charge is 0.227 e. The highest BCUT2D eigenvalue weighted by atomic mass is 32.2. The molecule has 0 bridgehead atoms. The van der Waals surface area contributed by atoms with E-state index in [0.717, 1.165) is 16.9 Å². The van der Waals surface area contributed by atoms with Crippen LogP contribution in [-0.2, 0) is 21.1 Å². The highest BCUT2D eigenvalue weighted by Crippen LogP contribution is 2.38. The van der Waals surface area contributed by atoms with Crippen molar-refractivity contribution in [2.24, 2.45) is 5.41 Å². The standard InChI is InChI=1S/C19H22N2O4S2/c1-12-4-6-13(7-5-12)27(24,25)9-8-16(23)21-18-20-14-10-19(2,3)11-15(22)17(14)26-18/h4-7H,8-11H2,1-3H3,(H,20,21,23). The summed E-state index contributed by atoms with van der Waals surface area (Å²) in [5.41, 5.74) is 1.54. The van der Waals surface area contributed by atoms with Gasteiger partial charge in [-0.3, -0.25) is 9.59 Å². The zero-order chi connectivity index (χ0) is 19.8. The molecule has 1 N–H and O–H groups in total. The molecule has 1 heterocycles. The van der Waals surface area contributed by atoms with E-state index in [1.165, 1.54) is 0 Å². The molecule has 0 spiro atoms. The molecule has 0 radical (unpaired) electrons. The fourth-order valence-corrected chi connectivity index (χ4v) is 5.22. The molecule has 0 saturated carbocycles. The summed E-state index contributed by atoms with van der Waals surface area (Å²) >= 11 is 1.16. The van der Waals surface area contributed by atoms with E-state index >= 15 is 0 Å². The molecule has 3 rings (SSSR count). The van der Waals surface area contributed by atoms with Gasteiger partial charge in [-0.2, -0.15) is 0 Å². The molecule has 1 aromatic heterocycles. The van der Waals surface area contributed by atoms with Crippen molar-refractivity contribution in [3.05, 3.63) is 40.4 Å². The second kappa shape index (κ2) is 7.16. The van der Waals surface area contributed by atoms with Gasteiger partial charge in [0.15, 0.2) is 20.8 Å². The van der Waals surface area contributed by atoms with Crippen molar-refractivity contribution >= 4 is 38.0 Å². The molecule has 144 valence electrons. The van der Waals surface area contributed by atoms with Crippen molar-refractivity contribution < 1.29 is 18.0 Å². The number of fused-ring (bicyclic) bond motifs is 1. The van der Waals surface area contributed by atoms with E-state index in [1.54, 1.807) is 24.3 Å². The lowest BCUT2D eigenvalue weighted by Crippen LogP contribution is -2.26. The number of aromatic nitrogens is 1. The van der Waals surface area contributed by atoms with Gasteiger partial charge in [0, 0.05) is 12.8 Å². The van der Waals surface area contributed by atoms with Crippen LogP contribution in [0.3, 0.4) is 0 Å². The first-order valence-corrected chi connectivity index (χ1v) is 11.1.